The molecule has 0 aliphatic heterocycles. The Balaban J connectivity index is 0.000000640. The summed E-state index contributed by atoms with van der Waals surface area (Å²) in [6.07, 6.45) is 5.38. The van der Waals surface area contributed by atoms with Crippen molar-refractivity contribution in [2.24, 2.45) is 5.73 Å². The minimum absolute atomic E-state index is 0. The van der Waals surface area contributed by atoms with E-state index in [2.05, 4.69) is 0 Å². The van der Waals surface area contributed by atoms with Crippen LogP contribution < -0.4 is 5.73 Å². The van der Waals surface area contributed by atoms with Gasteiger partial charge in [-0.25, -0.2) is 0 Å². The van der Waals surface area contributed by atoms with Gasteiger partial charge in [-0.3, -0.25) is 0 Å². The van der Waals surface area contributed by atoms with Crippen molar-refractivity contribution < 1.29 is 5.11 Å². The third kappa shape index (κ3) is 1.97. The van der Waals surface area contributed by atoms with Crippen LogP contribution >= 0.6 is 12.4 Å². The summed E-state index contributed by atoms with van der Waals surface area (Å²) >= 11 is 0. The highest BCUT2D eigenvalue weighted by Gasteiger charge is 2.24. The normalized spacial score (nSPS) is 21.6. The third-order valence-electron chi connectivity index (χ3n) is 1.54. The highest BCUT2D eigenvalue weighted by atomic mass is 35.5. The minimum Gasteiger partial charge on any atom is -0.388 e. The highest BCUT2D eigenvalue weighted by Crippen LogP contribution is 2.20. The van der Waals surface area contributed by atoms with Gasteiger partial charge in [-0.2, -0.15) is 0 Å². The van der Waals surface area contributed by atoms with E-state index in [1.165, 1.54) is 0 Å². The SMILES string of the molecule is Cl.NCC1(O)CC=CC1. The van der Waals surface area contributed by atoms with Gasteiger partial charge in [0, 0.05) is 6.54 Å². The summed E-state index contributed by atoms with van der Waals surface area (Å²) in [6.45, 7) is 0.375. The Morgan fingerprint density at radius 1 is 1.44 bits per heavy atom. The van der Waals surface area contributed by atoms with Gasteiger partial charge in [-0.15, -0.1) is 12.4 Å². The van der Waals surface area contributed by atoms with Gasteiger partial charge >= 0.3 is 0 Å². The van der Waals surface area contributed by atoms with Gasteiger partial charge < -0.3 is 10.8 Å². The molecule has 3 N–H and O–H groups in total. The minimum atomic E-state index is -0.597. The lowest BCUT2D eigenvalue weighted by atomic mass is 10.0. The summed E-state index contributed by atoms with van der Waals surface area (Å²) in [7, 11) is 0. The van der Waals surface area contributed by atoms with Crippen LogP contribution in [0.2, 0.25) is 0 Å². The van der Waals surface area contributed by atoms with Gasteiger partial charge in [0.1, 0.15) is 0 Å². The molecular weight excluding hydrogens is 138 g/mol. The fourth-order valence-electron chi connectivity index (χ4n) is 0.855. The molecule has 3 heteroatoms. The van der Waals surface area contributed by atoms with Crippen LogP contribution in [-0.2, 0) is 0 Å². The zero-order valence-electron chi connectivity index (χ0n) is 5.21. The van der Waals surface area contributed by atoms with Gasteiger partial charge in [0.05, 0.1) is 5.60 Å². The molecule has 0 radical (unpaired) electrons. The van der Waals surface area contributed by atoms with E-state index >= 15 is 0 Å². The second kappa shape index (κ2) is 3.20. The van der Waals surface area contributed by atoms with Gasteiger partial charge in [0.15, 0.2) is 0 Å². The Hall–Kier alpha value is -0.0500. The van der Waals surface area contributed by atoms with Crippen molar-refractivity contribution >= 4 is 12.4 Å². The Bertz CT molecular complexity index is 106. The summed E-state index contributed by atoms with van der Waals surface area (Å²) in [5, 5.41) is 9.31. The highest BCUT2D eigenvalue weighted by molar-refractivity contribution is 5.85. The molecule has 1 aliphatic carbocycles. The molecule has 2 nitrogen and oxygen atoms in total. The van der Waals surface area contributed by atoms with Crippen molar-refractivity contribution in [3.05, 3.63) is 12.2 Å². The maximum absolute atomic E-state index is 9.31. The molecule has 1 aliphatic rings. The topological polar surface area (TPSA) is 46.2 Å². The molecule has 0 amide bonds. The van der Waals surface area contributed by atoms with Crippen molar-refractivity contribution in [1.29, 1.82) is 0 Å². The average Bonchev–Trinajstić information content (AvgIpc) is 2.17. The van der Waals surface area contributed by atoms with Crippen molar-refractivity contribution in [3.8, 4) is 0 Å². The number of hydrogen-bond donors (Lipinski definition) is 2. The Labute approximate surface area is 61.2 Å². The number of hydrogen-bond acceptors (Lipinski definition) is 2. The van der Waals surface area contributed by atoms with Gasteiger partial charge in [0.2, 0.25) is 0 Å². The lowest BCUT2D eigenvalue weighted by Gasteiger charge is -2.18. The van der Waals surface area contributed by atoms with Crippen molar-refractivity contribution in [2.45, 2.75) is 18.4 Å². The molecular formula is C6H12ClNO. The Morgan fingerprint density at radius 3 is 2.11 bits per heavy atom. The fraction of sp³-hybridized carbons (Fsp3) is 0.667. The standard InChI is InChI=1S/C6H11NO.ClH/c7-5-6(8)3-1-2-4-6;/h1-2,8H,3-5,7H2;1H. The van der Waals surface area contributed by atoms with E-state index in [1.54, 1.807) is 0 Å². The van der Waals surface area contributed by atoms with E-state index in [0.717, 1.165) is 12.8 Å². The molecule has 1 rings (SSSR count). The second-order valence-corrected chi connectivity index (χ2v) is 2.31. The second-order valence-electron chi connectivity index (χ2n) is 2.31. The number of nitrogens with two attached hydrogens (primary N) is 1. The lowest BCUT2D eigenvalue weighted by molar-refractivity contribution is 0.0632. The van der Waals surface area contributed by atoms with Crippen LogP contribution in [0.5, 0.6) is 0 Å². The maximum Gasteiger partial charge on any atom is 0.0837 e. The molecule has 0 spiro atoms. The predicted octanol–water partition coefficient (Wildman–Crippen LogP) is 0.448. The molecule has 0 aromatic rings. The van der Waals surface area contributed by atoms with Crippen LogP contribution in [0.15, 0.2) is 12.2 Å². The van der Waals surface area contributed by atoms with Crippen molar-refractivity contribution in [2.75, 3.05) is 6.54 Å². The largest absolute Gasteiger partial charge is 0.388 e. The molecule has 0 aromatic carbocycles. The van der Waals surface area contributed by atoms with E-state index in [1.807, 2.05) is 12.2 Å². The van der Waals surface area contributed by atoms with Crippen molar-refractivity contribution in [3.63, 3.8) is 0 Å². The molecule has 0 atom stereocenters. The van der Waals surface area contributed by atoms with Crippen LogP contribution in [0.4, 0.5) is 0 Å². The first kappa shape index (κ1) is 8.95. The van der Waals surface area contributed by atoms with E-state index < -0.39 is 5.60 Å². The molecule has 9 heavy (non-hydrogen) atoms. The molecule has 0 aromatic heterocycles. The molecule has 0 fully saturated rings. The third-order valence-corrected chi connectivity index (χ3v) is 1.54. The predicted molar refractivity (Wildman–Crippen MR) is 39.6 cm³/mol. The smallest absolute Gasteiger partial charge is 0.0837 e. The molecule has 54 valence electrons. The van der Waals surface area contributed by atoms with Crippen LogP contribution in [0, 0.1) is 0 Å². The monoisotopic (exact) mass is 149 g/mol. The molecule has 0 bridgehead atoms. The zero-order chi connectivity index (χ0) is 6.04. The zero-order valence-corrected chi connectivity index (χ0v) is 6.03. The van der Waals surface area contributed by atoms with Crippen LogP contribution in [-0.4, -0.2) is 17.3 Å². The first-order chi connectivity index (χ1) is 3.77. The van der Waals surface area contributed by atoms with E-state index in [-0.39, 0.29) is 12.4 Å². The lowest BCUT2D eigenvalue weighted by Crippen LogP contribution is -2.34. The molecule has 0 saturated heterocycles. The van der Waals surface area contributed by atoms with E-state index in [0.29, 0.717) is 6.54 Å². The average molecular weight is 150 g/mol. The quantitative estimate of drug-likeness (QED) is 0.532. The number of aliphatic hydroxyl groups is 1. The van der Waals surface area contributed by atoms with Crippen molar-refractivity contribution in [1.82, 2.24) is 0 Å². The van der Waals surface area contributed by atoms with Crippen LogP contribution in [0.1, 0.15) is 12.8 Å². The number of rotatable bonds is 1. The fourth-order valence-corrected chi connectivity index (χ4v) is 0.855. The molecule has 0 unspecified atom stereocenters. The summed E-state index contributed by atoms with van der Waals surface area (Å²) in [5.74, 6) is 0. The molecule has 0 saturated carbocycles. The first-order valence-corrected chi connectivity index (χ1v) is 2.84. The Morgan fingerprint density at radius 2 is 1.89 bits per heavy atom. The van der Waals surface area contributed by atoms with Gasteiger partial charge in [-0.05, 0) is 12.8 Å². The van der Waals surface area contributed by atoms with E-state index in [4.69, 9.17) is 5.73 Å². The van der Waals surface area contributed by atoms with E-state index in [9.17, 15) is 5.11 Å². The summed E-state index contributed by atoms with van der Waals surface area (Å²) in [4.78, 5) is 0. The van der Waals surface area contributed by atoms with Crippen LogP contribution in [0.3, 0.4) is 0 Å². The maximum atomic E-state index is 9.31. The first-order valence-electron chi connectivity index (χ1n) is 2.84. The summed E-state index contributed by atoms with van der Waals surface area (Å²) in [6, 6.07) is 0. The summed E-state index contributed by atoms with van der Waals surface area (Å²) < 4.78 is 0. The van der Waals surface area contributed by atoms with Gasteiger partial charge in [0.25, 0.3) is 0 Å². The van der Waals surface area contributed by atoms with Crippen LogP contribution in [0.25, 0.3) is 0 Å². The number of halogens is 1. The molecule has 0 heterocycles. The summed E-state index contributed by atoms with van der Waals surface area (Å²) in [5.41, 5.74) is 4.68. The van der Waals surface area contributed by atoms with Gasteiger partial charge in [-0.1, -0.05) is 12.2 Å². The Kier molecular flexibility index (Phi) is 3.18.